The van der Waals surface area contributed by atoms with Crippen LogP contribution in [0.2, 0.25) is 0 Å². The summed E-state index contributed by atoms with van der Waals surface area (Å²) in [4.78, 5) is 50.8. The second-order valence-electron chi connectivity index (χ2n) is 11.7. The van der Waals surface area contributed by atoms with Gasteiger partial charge in [-0.25, -0.2) is 19.0 Å². The lowest BCUT2D eigenvalue weighted by Gasteiger charge is -2.39. The van der Waals surface area contributed by atoms with E-state index < -0.39 is 29.4 Å². The van der Waals surface area contributed by atoms with Crippen molar-refractivity contribution in [3.05, 3.63) is 97.8 Å². The van der Waals surface area contributed by atoms with Crippen LogP contribution in [0.5, 0.6) is 0 Å². The number of amides is 1. The van der Waals surface area contributed by atoms with E-state index >= 15 is 0 Å². The van der Waals surface area contributed by atoms with E-state index in [1.807, 2.05) is 18.2 Å². The van der Waals surface area contributed by atoms with E-state index in [1.165, 1.54) is 10.1 Å². The first-order valence-corrected chi connectivity index (χ1v) is 13.3. The average Bonchev–Trinajstić information content (AvgIpc) is 2.87. The fraction of sp³-hybridized carbons (Fsp3) is 0.400. The molecule has 2 N–H and O–H groups in total. The van der Waals surface area contributed by atoms with Gasteiger partial charge in [-0.1, -0.05) is 42.5 Å². The van der Waals surface area contributed by atoms with Gasteiger partial charge in [0.25, 0.3) is 5.56 Å². The monoisotopic (exact) mass is 549 g/mol. The van der Waals surface area contributed by atoms with Crippen molar-refractivity contribution in [1.29, 1.82) is 0 Å². The molecule has 0 saturated carbocycles. The molecule has 0 aliphatic carbocycles. The van der Waals surface area contributed by atoms with E-state index in [4.69, 9.17) is 4.74 Å². The van der Waals surface area contributed by atoms with Crippen LogP contribution in [0.25, 0.3) is 5.69 Å². The number of hydrogen-bond donors (Lipinski definition) is 2. The summed E-state index contributed by atoms with van der Waals surface area (Å²) in [5, 5.41) is 12.0. The van der Waals surface area contributed by atoms with Gasteiger partial charge < -0.3 is 19.6 Å². The van der Waals surface area contributed by atoms with Crippen molar-refractivity contribution >= 4 is 12.1 Å². The summed E-state index contributed by atoms with van der Waals surface area (Å²) in [7, 11) is 3.84. The summed E-state index contributed by atoms with van der Waals surface area (Å²) >= 11 is 0. The molecular weight excluding hydrogens is 512 g/mol. The topological polar surface area (TPSA) is 120 Å². The smallest absolute Gasteiger partial charge is 0.408 e. The molecule has 10 heteroatoms. The molecule has 1 aliphatic heterocycles. The quantitative estimate of drug-likeness (QED) is 0.438. The number of rotatable bonds is 7. The van der Waals surface area contributed by atoms with Gasteiger partial charge in [-0.3, -0.25) is 9.36 Å². The molecule has 2 heterocycles. The van der Waals surface area contributed by atoms with Crippen LogP contribution in [0.15, 0.2) is 64.2 Å². The van der Waals surface area contributed by atoms with E-state index in [1.54, 1.807) is 56.7 Å². The molecule has 0 bridgehead atoms. The minimum Gasteiger partial charge on any atom is -0.480 e. The number of benzene rings is 2. The van der Waals surface area contributed by atoms with Gasteiger partial charge in [0.1, 0.15) is 24.7 Å². The number of likely N-dealkylation sites (N-methyl/N-ethyl adjacent to an activating group) is 1. The molecule has 1 aliphatic rings. The molecule has 1 amide bonds. The number of aromatic nitrogens is 2. The average molecular weight is 550 g/mol. The minimum atomic E-state index is -1.21. The number of quaternary nitrogens is 1. The Morgan fingerprint density at radius 2 is 1.70 bits per heavy atom. The molecule has 2 atom stereocenters. The summed E-state index contributed by atoms with van der Waals surface area (Å²) in [6.07, 6.45) is -0.261. The Morgan fingerprint density at radius 1 is 1.05 bits per heavy atom. The van der Waals surface area contributed by atoms with E-state index in [-0.39, 0.29) is 12.0 Å². The third-order valence-corrected chi connectivity index (χ3v) is 7.16. The van der Waals surface area contributed by atoms with Crippen molar-refractivity contribution in [3.8, 4) is 5.69 Å². The normalized spacial score (nSPS) is 17.5. The third-order valence-electron chi connectivity index (χ3n) is 7.16. The molecule has 0 radical (unpaired) electrons. The number of fused-ring (bicyclic) bond motifs is 1. The number of alkyl carbamates (subject to hydrolysis) is 1. The Labute approximate surface area is 233 Å². The summed E-state index contributed by atoms with van der Waals surface area (Å²) < 4.78 is 8.60. The highest BCUT2D eigenvalue weighted by Crippen LogP contribution is 2.24. The molecular formula is C30H37N4O6+. The molecule has 10 nitrogen and oxygen atoms in total. The maximum absolute atomic E-state index is 13.5. The van der Waals surface area contributed by atoms with Gasteiger partial charge >= 0.3 is 17.8 Å². The molecule has 40 heavy (non-hydrogen) atoms. The number of carbonyl (C=O) groups is 2. The number of carbonyl (C=O) groups excluding carboxylic acids is 1. The second kappa shape index (κ2) is 11.1. The molecule has 3 aromatic rings. The predicted octanol–water partition coefficient (Wildman–Crippen LogP) is 2.76. The first-order valence-electron chi connectivity index (χ1n) is 13.3. The Kier molecular flexibility index (Phi) is 8.02. The fourth-order valence-corrected chi connectivity index (χ4v) is 5.14. The zero-order valence-electron chi connectivity index (χ0n) is 23.6. The zero-order chi connectivity index (χ0) is 29.2. The molecule has 0 fully saturated rings. The largest absolute Gasteiger partial charge is 0.480 e. The zero-order valence-corrected chi connectivity index (χ0v) is 23.6. The van der Waals surface area contributed by atoms with Gasteiger partial charge in [-0.2, -0.15) is 0 Å². The van der Waals surface area contributed by atoms with Crippen LogP contribution in [0, 0.1) is 0 Å². The highest BCUT2D eigenvalue weighted by Gasteiger charge is 2.33. The number of nitrogens with zero attached hydrogens (tertiary/aromatic N) is 3. The van der Waals surface area contributed by atoms with E-state index in [2.05, 4.69) is 24.5 Å². The van der Waals surface area contributed by atoms with Gasteiger partial charge in [-0.15, -0.1) is 0 Å². The predicted molar refractivity (Wildman–Crippen MR) is 150 cm³/mol. The van der Waals surface area contributed by atoms with Gasteiger partial charge in [0.15, 0.2) is 0 Å². The molecule has 2 unspecified atom stereocenters. The lowest BCUT2D eigenvalue weighted by Crippen LogP contribution is -2.52. The summed E-state index contributed by atoms with van der Waals surface area (Å²) in [5.41, 5.74) is 2.10. The first-order chi connectivity index (χ1) is 18.8. The van der Waals surface area contributed by atoms with Crippen molar-refractivity contribution in [1.82, 2.24) is 14.5 Å². The molecule has 212 valence electrons. The highest BCUT2D eigenvalue weighted by atomic mass is 16.6. The second-order valence-corrected chi connectivity index (χ2v) is 11.7. The minimum absolute atomic E-state index is 0.00384. The van der Waals surface area contributed by atoms with Crippen molar-refractivity contribution in [2.45, 2.75) is 58.3 Å². The summed E-state index contributed by atoms with van der Waals surface area (Å²) in [6.45, 7) is 7.23. The lowest BCUT2D eigenvalue weighted by molar-refractivity contribution is -0.937. The lowest BCUT2D eigenvalue weighted by atomic mass is 10.0. The molecule has 2 aromatic carbocycles. The number of carboxylic acids is 1. The number of aliphatic carboxylic acids is 1. The van der Waals surface area contributed by atoms with Crippen LogP contribution in [0.3, 0.4) is 0 Å². The Bertz CT molecular complexity index is 1520. The van der Waals surface area contributed by atoms with E-state index in [9.17, 15) is 24.3 Å². The maximum Gasteiger partial charge on any atom is 0.408 e. The van der Waals surface area contributed by atoms with E-state index in [0.29, 0.717) is 34.3 Å². The van der Waals surface area contributed by atoms with Crippen LogP contribution in [-0.2, 0) is 42.5 Å². The highest BCUT2D eigenvalue weighted by molar-refractivity contribution is 5.80. The Balaban J connectivity index is 1.56. The fourth-order valence-electron chi connectivity index (χ4n) is 5.14. The number of nitrogens with one attached hydrogen (secondary N) is 1. The van der Waals surface area contributed by atoms with Crippen LogP contribution >= 0.6 is 0 Å². The van der Waals surface area contributed by atoms with Crippen LogP contribution in [0.4, 0.5) is 4.79 Å². The van der Waals surface area contributed by atoms with Gasteiger partial charge in [0.05, 0.1) is 25.0 Å². The molecule has 0 saturated heterocycles. The number of carboxylic acid groups (broad SMARTS) is 1. The van der Waals surface area contributed by atoms with Crippen molar-refractivity contribution in [3.63, 3.8) is 0 Å². The summed E-state index contributed by atoms with van der Waals surface area (Å²) in [6, 6.07) is 15.5. The molecule has 4 rings (SSSR count). The van der Waals surface area contributed by atoms with Crippen LogP contribution < -0.4 is 16.6 Å². The van der Waals surface area contributed by atoms with E-state index in [0.717, 1.165) is 18.8 Å². The first kappa shape index (κ1) is 28.8. The summed E-state index contributed by atoms with van der Waals surface area (Å²) in [5.74, 6) is -1.20. The standard InChI is InChI=1S/C30H36N4O6/c1-30(2,3)40-28(38)31-24(27(36)37)17-20-11-13-22(14-12-20)33-26(35)23-15-16-34(5,18-21-9-7-6-8-10-21)19-25(23)32(4)29(33)39/h6-14,24H,15-19H2,1-5H3,(H-,31,36,37,38)/p+1. The van der Waals surface area contributed by atoms with Crippen LogP contribution in [0.1, 0.15) is 43.2 Å². The number of hydrogen-bond acceptors (Lipinski definition) is 5. The number of ether oxygens (including phenoxy) is 1. The SMILES string of the molecule is Cn1c2c(c(=O)n(-c3ccc(CC(NC(=O)OC(C)(C)C)C(=O)O)cc3)c1=O)CC[N+](C)(Cc1ccccc1)C2. The van der Waals surface area contributed by atoms with Crippen molar-refractivity contribution < 1.29 is 23.9 Å². The van der Waals surface area contributed by atoms with Gasteiger partial charge in [0, 0.05) is 31.0 Å². The van der Waals surface area contributed by atoms with Gasteiger partial charge in [0.2, 0.25) is 0 Å². The Morgan fingerprint density at radius 3 is 2.30 bits per heavy atom. The maximum atomic E-state index is 13.5. The Hall–Kier alpha value is -4.18. The van der Waals surface area contributed by atoms with Gasteiger partial charge in [-0.05, 0) is 38.5 Å². The third kappa shape index (κ3) is 6.51. The van der Waals surface area contributed by atoms with Crippen LogP contribution in [-0.4, -0.2) is 56.0 Å². The van der Waals surface area contributed by atoms with Crippen molar-refractivity contribution in [2.75, 3.05) is 13.6 Å². The molecule has 0 spiro atoms. The molecule has 1 aromatic heterocycles. The van der Waals surface area contributed by atoms with Crippen molar-refractivity contribution in [2.24, 2.45) is 7.05 Å².